The van der Waals surface area contributed by atoms with Crippen LogP contribution >= 0.6 is 11.3 Å². The molecule has 0 saturated heterocycles. The highest BCUT2D eigenvalue weighted by Crippen LogP contribution is 2.35. The maximum absolute atomic E-state index is 12.1. The molecular formula is C19H27N5O3S. The number of aryl methyl sites for hydroxylation is 1. The smallest absolute Gasteiger partial charge is 0.407 e. The first-order valence-electron chi connectivity index (χ1n) is 9.43. The molecule has 1 aliphatic carbocycles. The largest absolute Gasteiger partial charge is 0.446 e. The second-order valence-corrected chi connectivity index (χ2v) is 9.27. The summed E-state index contributed by atoms with van der Waals surface area (Å²) in [5, 5.41) is 15.6. The Morgan fingerprint density at radius 1 is 1.36 bits per heavy atom. The van der Waals surface area contributed by atoms with E-state index in [1.165, 1.54) is 11.3 Å². The van der Waals surface area contributed by atoms with Gasteiger partial charge in [0.1, 0.15) is 6.10 Å². The van der Waals surface area contributed by atoms with Gasteiger partial charge >= 0.3 is 6.09 Å². The maximum Gasteiger partial charge on any atom is 0.407 e. The number of rotatable bonds is 5. The third-order valence-corrected chi connectivity index (χ3v) is 5.27. The number of carbonyl (C=O) groups is 2. The van der Waals surface area contributed by atoms with Crippen LogP contribution in [-0.4, -0.2) is 38.8 Å². The zero-order valence-corrected chi connectivity index (χ0v) is 17.5. The van der Waals surface area contributed by atoms with Gasteiger partial charge in [-0.2, -0.15) is 5.10 Å². The molecule has 28 heavy (non-hydrogen) atoms. The number of nitrogens with one attached hydrogen (secondary N) is 3. The van der Waals surface area contributed by atoms with E-state index in [-0.39, 0.29) is 36.0 Å². The minimum Gasteiger partial charge on any atom is -0.446 e. The number of aromatic amines is 1. The number of aromatic nitrogens is 3. The molecule has 1 unspecified atom stereocenters. The van der Waals surface area contributed by atoms with Gasteiger partial charge in [0.25, 0.3) is 0 Å². The summed E-state index contributed by atoms with van der Waals surface area (Å²) in [7, 11) is 0. The Morgan fingerprint density at radius 2 is 2.14 bits per heavy atom. The molecule has 0 aliphatic heterocycles. The lowest BCUT2D eigenvalue weighted by molar-refractivity contribution is -0.115. The highest BCUT2D eigenvalue weighted by atomic mass is 32.1. The summed E-state index contributed by atoms with van der Waals surface area (Å²) in [5.74, 6) is 0.586. The molecule has 2 aromatic rings. The summed E-state index contributed by atoms with van der Waals surface area (Å²) in [6, 6.07) is 1.85. The molecule has 0 spiro atoms. The molecule has 2 heterocycles. The summed E-state index contributed by atoms with van der Waals surface area (Å²) < 4.78 is 5.52. The lowest BCUT2D eigenvalue weighted by Gasteiger charge is -2.22. The molecule has 2 aromatic heterocycles. The van der Waals surface area contributed by atoms with Crippen LogP contribution in [0.2, 0.25) is 0 Å². The fourth-order valence-electron chi connectivity index (χ4n) is 3.27. The molecular weight excluding hydrogens is 378 g/mol. The van der Waals surface area contributed by atoms with E-state index in [9.17, 15) is 9.59 Å². The predicted octanol–water partition coefficient (Wildman–Crippen LogP) is 3.52. The molecule has 0 radical (unpaired) electrons. The SMILES string of the molecule is Cc1nc(CC(=O)Nc2cc([C@H]3CCC(OC(=O)NC(C)(C)C)C3)[nH]n2)cs1. The zero-order chi connectivity index (χ0) is 20.3. The summed E-state index contributed by atoms with van der Waals surface area (Å²) in [6.07, 6.45) is 2.20. The number of hydrogen-bond acceptors (Lipinski definition) is 6. The number of H-pyrrole nitrogens is 1. The van der Waals surface area contributed by atoms with Gasteiger partial charge in [0.15, 0.2) is 5.82 Å². The van der Waals surface area contributed by atoms with E-state index in [0.29, 0.717) is 5.82 Å². The second-order valence-electron chi connectivity index (χ2n) is 8.20. The van der Waals surface area contributed by atoms with Crippen LogP contribution in [0, 0.1) is 6.92 Å². The van der Waals surface area contributed by atoms with Gasteiger partial charge in [0.2, 0.25) is 5.91 Å². The Labute approximate surface area is 168 Å². The number of thiazole rings is 1. The molecule has 152 valence electrons. The third-order valence-electron chi connectivity index (χ3n) is 4.45. The number of nitrogens with zero attached hydrogens (tertiary/aromatic N) is 2. The quantitative estimate of drug-likeness (QED) is 0.705. The van der Waals surface area contributed by atoms with Crippen LogP contribution < -0.4 is 10.6 Å². The van der Waals surface area contributed by atoms with Gasteiger partial charge in [-0.25, -0.2) is 9.78 Å². The van der Waals surface area contributed by atoms with Gasteiger partial charge in [-0.05, 0) is 47.0 Å². The average Bonchev–Trinajstić information content (AvgIpc) is 3.27. The summed E-state index contributed by atoms with van der Waals surface area (Å²) >= 11 is 1.53. The van der Waals surface area contributed by atoms with Gasteiger partial charge in [0.05, 0.1) is 17.1 Å². The molecule has 8 nitrogen and oxygen atoms in total. The molecule has 2 amide bonds. The lowest BCUT2D eigenvalue weighted by Crippen LogP contribution is -2.42. The molecule has 9 heteroatoms. The second kappa shape index (κ2) is 8.30. The van der Waals surface area contributed by atoms with Crippen LogP contribution in [0.4, 0.5) is 10.6 Å². The number of anilines is 1. The van der Waals surface area contributed by atoms with Gasteiger partial charge in [-0.3, -0.25) is 9.89 Å². The van der Waals surface area contributed by atoms with E-state index in [4.69, 9.17) is 4.74 Å². The number of alkyl carbamates (subject to hydrolysis) is 1. The molecule has 1 aliphatic rings. The Balaban J connectivity index is 1.49. The van der Waals surface area contributed by atoms with Gasteiger partial charge in [-0.15, -0.1) is 11.3 Å². The molecule has 3 rings (SSSR count). The monoisotopic (exact) mass is 405 g/mol. The van der Waals surface area contributed by atoms with Crippen molar-refractivity contribution in [1.29, 1.82) is 0 Å². The molecule has 0 bridgehead atoms. The highest BCUT2D eigenvalue weighted by Gasteiger charge is 2.30. The van der Waals surface area contributed by atoms with Crippen molar-refractivity contribution in [2.75, 3.05) is 5.32 Å². The van der Waals surface area contributed by atoms with Gasteiger partial charge in [0, 0.05) is 28.6 Å². The Bertz CT molecular complexity index is 839. The van der Waals surface area contributed by atoms with Gasteiger partial charge < -0.3 is 15.4 Å². The van der Waals surface area contributed by atoms with Crippen LogP contribution in [0.25, 0.3) is 0 Å². The van der Waals surface area contributed by atoms with Gasteiger partial charge in [-0.1, -0.05) is 0 Å². The van der Waals surface area contributed by atoms with Crippen molar-refractivity contribution in [3.8, 4) is 0 Å². The van der Waals surface area contributed by atoms with Crippen molar-refractivity contribution in [3.05, 3.63) is 27.8 Å². The fraction of sp³-hybridized carbons (Fsp3) is 0.579. The average molecular weight is 406 g/mol. The molecule has 0 aromatic carbocycles. The Kier molecular flexibility index (Phi) is 6.02. The van der Waals surface area contributed by atoms with Crippen molar-refractivity contribution in [3.63, 3.8) is 0 Å². The van der Waals surface area contributed by atoms with E-state index in [2.05, 4.69) is 25.8 Å². The van der Waals surface area contributed by atoms with E-state index in [1.54, 1.807) is 0 Å². The van der Waals surface area contributed by atoms with Crippen molar-refractivity contribution < 1.29 is 14.3 Å². The number of carbonyl (C=O) groups excluding carboxylic acids is 2. The maximum atomic E-state index is 12.1. The minimum absolute atomic E-state index is 0.110. The Hall–Kier alpha value is -2.42. The summed E-state index contributed by atoms with van der Waals surface area (Å²) in [4.78, 5) is 28.4. The first-order valence-corrected chi connectivity index (χ1v) is 10.3. The predicted molar refractivity (Wildman–Crippen MR) is 108 cm³/mol. The first-order chi connectivity index (χ1) is 13.2. The zero-order valence-electron chi connectivity index (χ0n) is 16.7. The summed E-state index contributed by atoms with van der Waals surface area (Å²) in [6.45, 7) is 7.67. The Morgan fingerprint density at radius 3 is 2.82 bits per heavy atom. The topological polar surface area (TPSA) is 109 Å². The molecule has 3 N–H and O–H groups in total. The number of amides is 2. The van der Waals surface area contributed by atoms with Crippen LogP contribution in [-0.2, 0) is 16.0 Å². The lowest BCUT2D eigenvalue weighted by atomic mass is 10.0. The third kappa shape index (κ3) is 5.79. The fourth-order valence-corrected chi connectivity index (χ4v) is 3.88. The first kappa shape index (κ1) is 20.3. The number of ether oxygens (including phenoxy) is 1. The van der Waals surface area contributed by atoms with Crippen LogP contribution in [0.1, 0.15) is 62.3 Å². The van der Waals surface area contributed by atoms with E-state index < -0.39 is 0 Å². The van der Waals surface area contributed by atoms with Crippen LogP contribution in [0.5, 0.6) is 0 Å². The van der Waals surface area contributed by atoms with Crippen molar-refractivity contribution in [2.24, 2.45) is 0 Å². The van der Waals surface area contributed by atoms with E-state index in [0.717, 1.165) is 35.7 Å². The normalized spacial score (nSPS) is 19.4. The standard InChI is InChI=1S/C19H27N5O3S/c1-11-20-13(10-28-11)8-17(25)21-16-9-15(23-24-16)12-5-6-14(7-12)27-18(26)22-19(2,3)4/h9-10,12,14H,5-8H2,1-4H3,(H,22,26)(H2,21,23,24,25)/t12-,14?/m0/s1. The molecule has 1 saturated carbocycles. The van der Waals surface area contributed by atoms with Crippen LogP contribution in [0.3, 0.4) is 0 Å². The number of hydrogen-bond donors (Lipinski definition) is 3. The van der Waals surface area contributed by atoms with E-state index in [1.807, 2.05) is 39.1 Å². The molecule has 1 fully saturated rings. The van der Waals surface area contributed by atoms with Crippen molar-refractivity contribution >= 4 is 29.2 Å². The minimum atomic E-state index is -0.381. The highest BCUT2D eigenvalue weighted by molar-refractivity contribution is 7.09. The van der Waals surface area contributed by atoms with Crippen LogP contribution in [0.15, 0.2) is 11.4 Å². The van der Waals surface area contributed by atoms with E-state index >= 15 is 0 Å². The summed E-state index contributed by atoms with van der Waals surface area (Å²) in [5.41, 5.74) is 1.39. The van der Waals surface area contributed by atoms with Crippen molar-refractivity contribution in [2.45, 2.75) is 70.9 Å². The van der Waals surface area contributed by atoms with Crippen molar-refractivity contribution in [1.82, 2.24) is 20.5 Å². The molecule has 2 atom stereocenters.